The molecule has 0 saturated carbocycles. The molecule has 0 amide bonds. The molecule has 0 aromatic carbocycles. The fourth-order valence-corrected chi connectivity index (χ4v) is 1.90. The molecule has 0 spiro atoms. The maximum absolute atomic E-state index is 10.9. The average molecular weight is 216 g/mol. The molecule has 0 radical (unpaired) electrons. The fraction of sp³-hybridized carbons (Fsp3) is 0.818. The second-order valence-electron chi connectivity index (χ2n) is 4.75. The summed E-state index contributed by atoms with van der Waals surface area (Å²) in [6, 6.07) is 0. The second kappa shape index (κ2) is 5.73. The third kappa shape index (κ3) is 6.10. The summed E-state index contributed by atoms with van der Waals surface area (Å²) in [5.74, 6) is -2.83. The van der Waals surface area contributed by atoms with Gasteiger partial charge in [-0.2, -0.15) is 0 Å². The first-order chi connectivity index (χ1) is 6.78. The van der Waals surface area contributed by atoms with Crippen molar-refractivity contribution in [1.29, 1.82) is 0 Å². The quantitative estimate of drug-likeness (QED) is 0.685. The highest BCUT2D eigenvalue weighted by Crippen LogP contribution is 2.31. The van der Waals surface area contributed by atoms with Crippen LogP contribution >= 0.6 is 0 Å². The number of carboxylic acids is 2. The molecule has 0 heterocycles. The van der Waals surface area contributed by atoms with Crippen LogP contribution in [0.25, 0.3) is 0 Å². The van der Waals surface area contributed by atoms with Crippen molar-refractivity contribution in [3.8, 4) is 0 Å². The first kappa shape index (κ1) is 13.9. The number of rotatable bonds is 7. The van der Waals surface area contributed by atoms with Crippen molar-refractivity contribution in [1.82, 2.24) is 0 Å². The molecule has 0 fully saturated rings. The van der Waals surface area contributed by atoms with Gasteiger partial charge in [-0.1, -0.05) is 27.2 Å². The van der Waals surface area contributed by atoms with Crippen molar-refractivity contribution in [3.63, 3.8) is 0 Å². The van der Waals surface area contributed by atoms with Crippen LogP contribution in [0.2, 0.25) is 0 Å². The number of carbonyl (C=O) groups is 2. The van der Waals surface area contributed by atoms with Gasteiger partial charge in [-0.25, -0.2) is 0 Å². The Balaban J connectivity index is 4.40. The van der Waals surface area contributed by atoms with E-state index in [9.17, 15) is 9.59 Å². The Labute approximate surface area is 90.3 Å². The first-order valence-corrected chi connectivity index (χ1v) is 5.23. The molecule has 0 aromatic heterocycles. The molecule has 0 aliphatic carbocycles. The zero-order chi connectivity index (χ0) is 12.1. The summed E-state index contributed by atoms with van der Waals surface area (Å²) < 4.78 is 0. The Bertz CT molecular complexity index is 233. The lowest BCUT2D eigenvalue weighted by molar-refractivity contribution is -0.149. The zero-order valence-electron chi connectivity index (χ0n) is 9.62. The van der Waals surface area contributed by atoms with Gasteiger partial charge >= 0.3 is 11.9 Å². The Morgan fingerprint density at radius 2 is 1.80 bits per heavy atom. The van der Waals surface area contributed by atoms with E-state index in [4.69, 9.17) is 10.2 Å². The monoisotopic (exact) mass is 216 g/mol. The molecule has 1 atom stereocenters. The summed E-state index contributed by atoms with van der Waals surface area (Å²) in [6.07, 6.45) is 2.02. The largest absolute Gasteiger partial charge is 0.481 e. The van der Waals surface area contributed by atoms with E-state index in [-0.39, 0.29) is 11.8 Å². The molecule has 88 valence electrons. The maximum atomic E-state index is 10.9. The predicted molar refractivity (Wildman–Crippen MR) is 56.7 cm³/mol. The van der Waals surface area contributed by atoms with Crippen molar-refractivity contribution in [2.24, 2.45) is 11.3 Å². The van der Waals surface area contributed by atoms with E-state index in [1.807, 2.05) is 20.8 Å². The Morgan fingerprint density at radius 1 is 1.27 bits per heavy atom. The highest BCUT2D eigenvalue weighted by Gasteiger charge is 2.28. The molecule has 0 aliphatic heterocycles. The van der Waals surface area contributed by atoms with Gasteiger partial charge in [-0.05, 0) is 18.3 Å². The van der Waals surface area contributed by atoms with Gasteiger partial charge in [0.2, 0.25) is 0 Å². The van der Waals surface area contributed by atoms with Gasteiger partial charge in [0, 0.05) is 0 Å². The standard InChI is InChI=1S/C11H20O4/c1-4-5-11(2,3)7-8(10(14)15)6-9(12)13/h8H,4-7H2,1-3H3,(H,12,13)(H,14,15). The van der Waals surface area contributed by atoms with E-state index in [0.29, 0.717) is 6.42 Å². The smallest absolute Gasteiger partial charge is 0.307 e. The van der Waals surface area contributed by atoms with Crippen molar-refractivity contribution >= 4 is 11.9 Å². The van der Waals surface area contributed by atoms with Crippen LogP contribution in [0.5, 0.6) is 0 Å². The van der Waals surface area contributed by atoms with E-state index < -0.39 is 17.9 Å². The molecule has 0 aromatic rings. The Morgan fingerprint density at radius 3 is 2.13 bits per heavy atom. The lowest BCUT2D eigenvalue weighted by Crippen LogP contribution is -2.25. The second-order valence-corrected chi connectivity index (χ2v) is 4.75. The van der Waals surface area contributed by atoms with Crippen LogP contribution in [0.3, 0.4) is 0 Å². The molecule has 0 saturated heterocycles. The molecule has 4 heteroatoms. The summed E-state index contributed by atoms with van der Waals surface area (Å²) in [6.45, 7) is 6.00. The van der Waals surface area contributed by atoms with E-state index in [2.05, 4.69) is 0 Å². The van der Waals surface area contributed by atoms with Crippen LogP contribution < -0.4 is 0 Å². The summed E-state index contributed by atoms with van der Waals surface area (Å²) >= 11 is 0. The molecule has 1 unspecified atom stereocenters. The number of carboxylic acid groups (broad SMARTS) is 2. The van der Waals surface area contributed by atoms with Crippen LogP contribution in [0.4, 0.5) is 0 Å². The van der Waals surface area contributed by atoms with Gasteiger partial charge in [-0.3, -0.25) is 9.59 Å². The predicted octanol–water partition coefficient (Wildman–Crippen LogP) is 2.38. The van der Waals surface area contributed by atoms with Crippen LogP contribution in [-0.4, -0.2) is 22.2 Å². The lowest BCUT2D eigenvalue weighted by Gasteiger charge is -2.26. The minimum Gasteiger partial charge on any atom is -0.481 e. The van der Waals surface area contributed by atoms with Crippen molar-refractivity contribution in [2.75, 3.05) is 0 Å². The van der Waals surface area contributed by atoms with E-state index in [1.54, 1.807) is 0 Å². The SMILES string of the molecule is CCCC(C)(C)CC(CC(=O)O)C(=O)O. The van der Waals surface area contributed by atoms with Crippen molar-refractivity contribution < 1.29 is 19.8 Å². The van der Waals surface area contributed by atoms with Crippen molar-refractivity contribution in [3.05, 3.63) is 0 Å². The van der Waals surface area contributed by atoms with Crippen LogP contribution in [0, 0.1) is 11.3 Å². The molecule has 0 bridgehead atoms. The maximum Gasteiger partial charge on any atom is 0.307 e. The third-order valence-corrected chi connectivity index (χ3v) is 2.50. The molecule has 0 rings (SSSR count). The molecule has 0 aliphatic rings. The van der Waals surface area contributed by atoms with Gasteiger partial charge in [0.05, 0.1) is 12.3 Å². The molecular weight excluding hydrogens is 196 g/mol. The summed E-state index contributed by atoms with van der Waals surface area (Å²) in [5, 5.41) is 17.5. The number of hydrogen-bond acceptors (Lipinski definition) is 2. The first-order valence-electron chi connectivity index (χ1n) is 5.23. The zero-order valence-corrected chi connectivity index (χ0v) is 9.62. The highest BCUT2D eigenvalue weighted by molar-refractivity contribution is 5.77. The van der Waals surface area contributed by atoms with E-state index in [1.165, 1.54) is 0 Å². The summed E-state index contributed by atoms with van der Waals surface area (Å²) in [5.41, 5.74) is -0.104. The Kier molecular flexibility index (Phi) is 5.33. The van der Waals surface area contributed by atoms with Crippen molar-refractivity contribution in [2.45, 2.75) is 46.5 Å². The van der Waals surface area contributed by atoms with Crippen LogP contribution in [0.15, 0.2) is 0 Å². The Hall–Kier alpha value is -1.06. The third-order valence-electron chi connectivity index (χ3n) is 2.50. The summed E-state index contributed by atoms with van der Waals surface area (Å²) in [4.78, 5) is 21.3. The van der Waals surface area contributed by atoms with Gasteiger partial charge in [0.25, 0.3) is 0 Å². The van der Waals surface area contributed by atoms with Crippen LogP contribution in [0.1, 0.15) is 46.5 Å². The molecule has 4 nitrogen and oxygen atoms in total. The van der Waals surface area contributed by atoms with Gasteiger partial charge in [0.1, 0.15) is 0 Å². The number of aliphatic carboxylic acids is 2. The summed E-state index contributed by atoms with van der Waals surface area (Å²) in [7, 11) is 0. The highest BCUT2D eigenvalue weighted by atomic mass is 16.4. The average Bonchev–Trinajstić information content (AvgIpc) is 2.00. The fourth-order valence-electron chi connectivity index (χ4n) is 1.90. The van der Waals surface area contributed by atoms with Crippen LogP contribution in [-0.2, 0) is 9.59 Å². The van der Waals surface area contributed by atoms with E-state index in [0.717, 1.165) is 12.8 Å². The molecular formula is C11H20O4. The topological polar surface area (TPSA) is 74.6 Å². The lowest BCUT2D eigenvalue weighted by atomic mass is 9.78. The molecule has 2 N–H and O–H groups in total. The normalized spacial score (nSPS) is 13.5. The minimum absolute atomic E-state index is 0.104. The molecule has 15 heavy (non-hydrogen) atoms. The minimum atomic E-state index is -1.05. The number of hydrogen-bond donors (Lipinski definition) is 2. The van der Waals surface area contributed by atoms with E-state index >= 15 is 0 Å². The van der Waals surface area contributed by atoms with Gasteiger partial charge in [-0.15, -0.1) is 0 Å². The van der Waals surface area contributed by atoms with Gasteiger partial charge < -0.3 is 10.2 Å². The van der Waals surface area contributed by atoms with Gasteiger partial charge in [0.15, 0.2) is 0 Å².